The summed E-state index contributed by atoms with van der Waals surface area (Å²) >= 11 is 3.24. The summed E-state index contributed by atoms with van der Waals surface area (Å²) in [5.74, 6) is -0.0154. The second kappa shape index (κ2) is 6.76. The topological polar surface area (TPSA) is 85.1 Å². The number of pyridine rings is 1. The highest BCUT2D eigenvalue weighted by Gasteiger charge is 2.09. The average Bonchev–Trinajstić information content (AvgIpc) is 2.48. The molecule has 0 radical (unpaired) electrons. The van der Waals surface area contributed by atoms with Crippen molar-refractivity contribution in [1.29, 1.82) is 0 Å². The van der Waals surface area contributed by atoms with Crippen LogP contribution in [-0.2, 0) is 4.79 Å². The first-order chi connectivity index (χ1) is 10.1. The van der Waals surface area contributed by atoms with Crippen LogP contribution in [0.4, 0.5) is 11.5 Å². The molecule has 1 aromatic carbocycles. The molecule has 6 nitrogen and oxygen atoms in total. The molecule has 2 rings (SSSR count). The molecule has 21 heavy (non-hydrogen) atoms. The fourth-order valence-electron chi connectivity index (χ4n) is 1.58. The van der Waals surface area contributed by atoms with Crippen LogP contribution in [-0.4, -0.2) is 15.8 Å². The molecule has 0 fully saturated rings. The molecular weight excluding hydrogens is 338 g/mol. The van der Waals surface area contributed by atoms with E-state index in [9.17, 15) is 14.9 Å². The zero-order valence-electron chi connectivity index (χ0n) is 10.7. The van der Waals surface area contributed by atoms with Crippen LogP contribution in [0.1, 0.15) is 5.56 Å². The Morgan fingerprint density at radius 3 is 2.71 bits per heavy atom. The number of rotatable bonds is 4. The van der Waals surface area contributed by atoms with Gasteiger partial charge in [-0.1, -0.05) is 12.1 Å². The van der Waals surface area contributed by atoms with Gasteiger partial charge in [0, 0.05) is 22.8 Å². The number of benzene rings is 1. The third-order valence-corrected chi connectivity index (χ3v) is 3.00. The summed E-state index contributed by atoms with van der Waals surface area (Å²) in [6.07, 6.45) is 4.18. The van der Waals surface area contributed by atoms with E-state index in [1.165, 1.54) is 18.2 Å². The summed E-state index contributed by atoms with van der Waals surface area (Å²) in [6, 6.07) is 9.57. The van der Waals surface area contributed by atoms with E-state index >= 15 is 0 Å². The van der Waals surface area contributed by atoms with Gasteiger partial charge in [0.15, 0.2) is 0 Å². The van der Waals surface area contributed by atoms with Gasteiger partial charge in [0.2, 0.25) is 5.91 Å². The number of nitrogens with one attached hydrogen (secondary N) is 1. The number of para-hydroxylation sites is 1. The van der Waals surface area contributed by atoms with Crippen molar-refractivity contribution in [3.63, 3.8) is 0 Å². The van der Waals surface area contributed by atoms with Crippen molar-refractivity contribution in [2.24, 2.45) is 0 Å². The monoisotopic (exact) mass is 347 g/mol. The van der Waals surface area contributed by atoms with Gasteiger partial charge in [0.1, 0.15) is 5.82 Å². The first-order valence-electron chi connectivity index (χ1n) is 5.90. The number of hydrogen-bond donors (Lipinski definition) is 1. The molecule has 0 atom stereocenters. The van der Waals surface area contributed by atoms with Gasteiger partial charge in [-0.15, -0.1) is 0 Å². The Morgan fingerprint density at radius 1 is 1.29 bits per heavy atom. The minimum Gasteiger partial charge on any atom is -0.307 e. The molecule has 0 aliphatic carbocycles. The van der Waals surface area contributed by atoms with Crippen LogP contribution in [0.3, 0.4) is 0 Å². The number of aromatic nitrogens is 1. The van der Waals surface area contributed by atoms with E-state index in [4.69, 9.17) is 0 Å². The lowest BCUT2D eigenvalue weighted by molar-refractivity contribution is -0.385. The van der Waals surface area contributed by atoms with E-state index < -0.39 is 10.8 Å². The molecule has 1 amide bonds. The van der Waals surface area contributed by atoms with Crippen molar-refractivity contribution in [1.82, 2.24) is 4.98 Å². The Hall–Kier alpha value is -2.54. The quantitative estimate of drug-likeness (QED) is 0.521. The Labute approximate surface area is 128 Å². The standard InChI is InChI=1S/C14H10BrN3O3/c15-11-6-7-13(16-9-11)17-14(19)8-5-10-3-1-2-4-12(10)18(20)21/h1-9H,(H,16,17,19)/b8-5+. The Balaban J connectivity index is 2.09. The van der Waals surface area contributed by atoms with Crippen LogP contribution in [0.2, 0.25) is 0 Å². The van der Waals surface area contributed by atoms with Crippen LogP contribution >= 0.6 is 15.9 Å². The number of carbonyl (C=O) groups is 1. The summed E-state index contributed by atoms with van der Waals surface area (Å²) in [7, 11) is 0. The second-order valence-corrected chi connectivity index (χ2v) is 4.92. The van der Waals surface area contributed by atoms with Crippen molar-refractivity contribution >= 4 is 39.4 Å². The molecule has 1 aromatic heterocycles. The number of amides is 1. The number of carbonyl (C=O) groups excluding carboxylic acids is 1. The fourth-order valence-corrected chi connectivity index (χ4v) is 1.81. The number of anilines is 1. The average molecular weight is 348 g/mol. The third kappa shape index (κ3) is 4.22. The number of hydrogen-bond acceptors (Lipinski definition) is 4. The summed E-state index contributed by atoms with van der Waals surface area (Å²) in [6.45, 7) is 0. The van der Waals surface area contributed by atoms with E-state index in [-0.39, 0.29) is 5.69 Å². The molecule has 1 N–H and O–H groups in total. The lowest BCUT2D eigenvalue weighted by atomic mass is 10.1. The van der Waals surface area contributed by atoms with E-state index in [0.717, 1.165) is 4.47 Å². The highest BCUT2D eigenvalue weighted by atomic mass is 79.9. The summed E-state index contributed by atoms with van der Waals surface area (Å²) in [5, 5.41) is 13.4. The zero-order valence-corrected chi connectivity index (χ0v) is 12.3. The van der Waals surface area contributed by atoms with E-state index in [1.54, 1.807) is 36.5 Å². The van der Waals surface area contributed by atoms with Crippen LogP contribution in [0.15, 0.2) is 53.1 Å². The highest BCUT2D eigenvalue weighted by Crippen LogP contribution is 2.19. The van der Waals surface area contributed by atoms with Crippen LogP contribution < -0.4 is 5.32 Å². The van der Waals surface area contributed by atoms with Crippen molar-refractivity contribution in [2.75, 3.05) is 5.32 Å². The van der Waals surface area contributed by atoms with Gasteiger partial charge in [-0.3, -0.25) is 14.9 Å². The van der Waals surface area contributed by atoms with Gasteiger partial charge < -0.3 is 5.32 Å². The lowest BCUT2D eigenvalue weighted by Crippen LogP contribution is -2.08. The summed E-state index contributed by atoms with van der Waals surface area (Å²) in [5.41, 5.74) is 0.310. The summed E-state index contributed by atoms with van der Waals surface area (Å²) < 4.78 is 0.802. The van der Waals surface area contributed by atoms with Gasteiger partial charge >= 0.3 is 0 Å². The minimum absolute atomic E-state index is 0.0525. The summed E-state index contributed by atoms with van der Waals surface area (Å²) in [4.78, 5) is 26.1. The molecule has 7 heteroatoms. The minimum atomic E-state index is -0.492. The molecule has 1 heterocycles. The highest BCUT2D eigenvalue weighted by molar-refractivity contribution is 9.10. The van der Waals surface area contributed by atoms with Crippen LogP contribution in [0.5, 0.6) is 0 Å². The molecule has 0 bridgehead atoms. The van der Waals surface area contributed by atoms with Crippen molar-refractivity contribution in [3.8, 4) is 0 Å². The largest absolute Gasteiger partial charge is 0.307 e. The van der Waals surface area contributed by atoms with Crippen molar-refractivity contribution in [2.45, 2.75) is 0 Å². The van der Waals surface area contributed by atoms with E-state index in [1.807, 2.05) is 0 Å². The number of nitro benzene ring substituents is 1. The molecule has 0 saturated heterocycles. The van der Waals surface area contributed by atoms with Gasteiger partial charge in [-0.25, -0.2) is 4.98 Å². The first-order valence-corrected chi connectivity index (χ1v) is 6.69. The molecular formula is C14H10BrN3O3. The number of halogens is 1. The molecule has 0 unspecified atom stereocenters. The third-order valence-electron chi connectivity index (χ3n) is 2.53. The number of nitrogens with zero attached hydrogens (tertiary/aromatic N) is 2. The smallest absolute Gasteiger partial charge is 0.276 e. The second-order valence-electron chi connectivity index (χ2n) is 4.00. The predicted molar refractivity (Wildman–Crippen MR) is 82.7 cm³/mol. The maximum absolute atomic E-state index is 11.7. The lowest BCUT2D eigenvalue weighted by Gasteiger charge is -2.00. The van der Waals surface area contributed by atoms with Gasteiger partial charge in [0.05, 0.1) is 10.5 Å². The van der Waals surface area contributed by atoms with Gasteiger partial charge in [-0.2, -0.15) is 0 Å². The predicted octanol–water partition coefficient (Wildman–Crippen LogP) is 3.40. The van der Waals surface area contributed by atoms with Crippen LogP contribution in [0, 0.1) is 10.1 Å². The molecule has 0 aliphatic heterocycles. The SMILES string of the molecule is O=C(/C=C/c1ccccc1[N+](=O)[O-])Nc1ccc(Br)cn1. The molecule has 106 valence electrons. The van der Waals surface area contributed by atoms with Gasteiger partial charge in [0.25, 0.3) is 5.69 Å². The van der Waals surface area contributed by atoms with Crippen molar-refractivity contribution in [3.05, 3.63) is 68.8 Å². The number of nitro groups is 1. The normalized spacial score (nSPS) is 10.5. The molecule has 2 aromatic rings. The Kier molecular flexibility index (Phi) is 4.78. The fraction of sp³-hybridized carbons (Fsp3) is 0. The maximum Gasteiger partial charge on any atom is 0.276 e. The zero-order chi connectivity index (χ0) is 15.2. The maximum atomic E-state index is 11.7. The van der Waals surface area contributed by atoms with Crippen molar-refractivity contribution < 1.29 is 9.72 Å². The van der Waals surface area contributed by atoms with E-state index in [2.05, 4.69) is 26.2 Å². The molecule has 0 spiro atoms. The first kappa shape index (κ1) is 14.9. The van der Waals surface area contributed by atoms with Gasteiger partial charge in [-0.05, 0) is 40.2 Å². The molecule has 0 aliphatic rings. The van der Waals surface area contributed by atoms with Crippen LogP contribution in [0.25, 0.3) is 6.08 Å². The Morgan fingerprint density at radius 2 is 2.05 bits per heavy atom. The Bertz CT molecular complexity index is 699. The van der Waals surface area contributed by atoms with E-state index in [0.29, 0.717) is 11.4 Å². The molecule has 0 saturated carbocycles.